The largest absolute Gasteiger partial charge is 0.323 e. The van der Waals surface area contributed by atoms with Crippen LogP contribution in [0.15, 0.2) is 29.2 Å². The van der Waals surface area contributed by atoms with Gasteiger partial charge in [0.2, 0.25) is 0 Å². The molecule has 5 heteroatoms. The lowest BCUT2D eigenvalue weighted by atomic mass is 9.77. The lowest BCUT2D eigenvalue weighted by Crippen LogP contribution is -2.28. The van der Waals surface area contributed by atoms with E-state index in [-0.39, 0.29) is 17.3 Å². The zero-order valence-corrected chi connectivity index (χ0v) is 13.9. The minimum atomic E-state index is -0.197. The van der Waals surface area contributed by atoms with Crippen molar-refractivity contribution in [3.63, 3.8) is 0 Å². The standard InChI is InChI=1S/C16H19FN2S2/c1-16(2)7-12(18)15-13(8-16)19-14(21-15)9-20-11-5-3-10(17)4-6-11/h3-6,12H,7-9,18H2,1-2H3. The van der Waals surface area contributed by atoms with E-state index in [1.807, 2.05) is 12.1 Å². The summed E-state index contributed by atoms with van der Waals surface area (Å²) >= 11 is 3.42. The maximum atomic E-state index is 12.9. The molecule has 2 nitrogen and oxygen atoms in total. The number of nitrogens with zero attached hydrogens (tertiary/aromatic N) is 1. The fourth-order valence-corrected chi connectivity index (χ4v) is 4.76. The van der Waals surface area contributed by atoms with Gasteiger partial charge < -0.3 is 5.73 Å². The summed E-state index contributed by atoms with van der Waals surface area (Å²) in [5, 5.41) is 1.11. The molecule has 112 valence electrons. The number of fused-ring (bicyclic) bond motifs is 1. The highest BCUT2D eigenvalue weighted by atomic mass is 32.2. The SMILES string of the molecule is CC1(C)Cc2nc(CSc3ccc(F)cc3)sc2C(N)C1. The van der Waals surface area contributed by atoms with E-state index < -0.39 is 0 Å². The van der Waals surface area contributed by atoms with Crippen molar-refractivity contribution >= 4 is 23.1 Å². The van der Waals surface area contributed by atoms with E-state index in [2.05, 4.69) is 13.8 Å². The number of hydrogen-bond donors (Lipinski definition) is 1. The Balaban J connectivity index is 1.72. The second-order valence-corrected chi connectivity index (χ2v) is 8.48. The lowest BCUT2D eigenvalue weighted by Gasteiger charge is -2.32. The number of hydrogen-bond acceptors (Lipinski definition) is 4. The summed E-state index contributed by atoms with van der Waals surface area (Å²) in [7, 11) is 0. The quantitative estimate of drug-likeness (QED) is 0.843. The Labute approximate surface area is 133 Å². The predicted molar refractivity (Wildman–Crippen MR) is 87.1 cm³/mol. The summed E-state index contributed by atoms with van der Waals surface area (Å²) in [6, 6.07) is 6.72. The van der Waals surface area contributed by atoms with Crippen LogP contribution >= 0.6 is 23.1 Å². The summed E-state index contributed by atoms with van der Waals surface area (Å²) in [5.41, 5.74) is 7.70. The maximum Gasteiger partial charge on any atom is 0.123 e. The Morgan fingerprint density at radius 3 is 2.81 bits per heavy atom. The van der Waals surface area contributed by atoms with Gasteiger partial charge in [0.05, 0.1) is 11.4 Å². The van der Waals surface area contributed by atoms with E-state index in [0.717, 1.165) is 28.5 Å². The van der Waals surface area contributed by atoms with Gasteiger partial charge in [0, 0.05) is 15.8 Å². The Morgan fingerprint density at radius 2 is 2.10 bits per heavy atom. The van der Waals surface area contributed by atoms with Gasteiger partial charge in [0.1, 0.15) is 10.8 Å². The van der Waals surface area contributed by atoms with Crippen LogP contribution in [0.4, 0.5) is 4.39 Å². The number of thiazole rings is 1. The number of aromatic nitrogens is 1. The molecule has 0 bridgehead atoms. The monoisotopic (exact) mass is 322 g/mol. The first-order valence-corrected chi connectivity index (χ1v) is 8.86. The zero-order valence-electron chi connectivity index (χ0n) is 12.2. The van der Waals surface area contributed by atoms with Crippen LogP contribution in [0.5, 0.6) is 0 Å². The van der Waals surface area contributed by atoms with Crippen molar-refractivity contribution in [2.24, 2.45) is 11.1 Å². The molecular weight excluding hydrogens is 303 g/mol. The lowest BCUT2D eigenvalue weighted by molar-refractivity contribution is 0.282. The summed E-state index contributed by atoms with van der Waals surface area (Å²) in [4.78, 5) is 7.09. The van der Waals surface area contributed by atoms with Gasteiger partial charge in [-0.1, -0.05) is 13.8 Å². The number of nitrogens with two attached hydrogens (primary N) is 1. The van der Waals surface area contributed by atoms with Crippen molar-refractivity contribution < 1.29 is 4.39 Å². The van der Waals surface area contributed by atoms with Crippen molar-refractivity contribution in [2.45, 2.75) is 43.4 Å². The van der Waals surface area contributed by atoms with Gasteiger partial charge >= 0.3 is 0 Å². The molecule has 1 atom stereocenters. The third kappa shape index (κ3) is 3.47. The molecule has 0 saturated carbocycles. The molecule has 1 aliphatic carbocycles. The normalized spacial score (nSPS) is 20.3. The van der Waals surface area contributed by atoms with Crippen molar-refractivity contribution in [3.8, 4) is 0 Å². The molecule has 0 spiro atoms. The fourth-order valence-electron chi connectivity index (χ4n) is 2.78. The van der Waals surface area contributed by atoms with Gasteiger partial charge in [0.25, 0.3) is 0 Å². The molecule has 1 aliphatic rings. The molecule has 0 radical (unpaired) electrons. The Hall–Kier alpha value is -0.910. The van der Waals surface area contributed by atoms with Gasteiger partial charge in [-0.2, -0.15) is 0 Å². The molecule has 0 fully saturated rings. The fraction of sp³-hybridized carbons (Fsp3) is 0.438. The van der Waals surface area contributed by atoms with Crippen LogP contribution in [0, 0.1) is 11.2 Å². The Bertz CT molecular complexity index is 634. The summed E-state index contributed by atoms with van der Waals surface area (Å²) in [5.74, 6) is 0.619. The van der Waals surface area contributed by atoms with Crippen LogP contribution < -0.4 is 5.73 Å². The minimum Gasteiger partial charge on any atom is -0.323 e. The van der Waals surface area contributed by atoms with Crippen molar-refractivity contribution in [1.29, 1.82) is 0 Å². The Morgan fingerprint density at radius 1 is 1.38 bits per heavy atom. The first-order chi connectivity index (χ1) is 9.93. The highest BCUT2D eigenvalue weighted by molar-refractivity contribution is 7.98. The topological polar surface area (TPSA) is 38.9 Å². The van der Waals surface area contributed by atoms with Crippen molar-refractivity contribution in [1.82, 2.24) is 4.98 Å². The third-order valence-corrected chi connectivity index (χ3v) is 6.14. The number of thioether (sulfide) groups is 1. The molecule has 0 aliphatic heterocycles. The summed E-state index contributed by atoms with van der Waals surface area (Å²) in [6.07, 6.45) is 2.03. The van der Waals surface area contributed by atoms with Gasteiger partial charge in [-0.05, 0) is 42.5 Å². The number of halogens is 1. The zero-order chi connectivity index (χ0) is 15.0. The average molecular weight is 322 g/mol. The van der Waals surface area contributed by atoms with Crippen LogP contribution in [-0.4, -0.2) is 4.98 Å². The molecule has 1 unspecified atom stereocenters. The van der Waals surface area contributed by atoms with Crippen LogP contribution in [0.1, 0.15) is 41.9 Å². The van der Waals surface area contributed by atoms with E-state index in [0.29, 0.717) is 0 Å². The van der Waals surface area contributed by atoms with E-state index in [4.69, 9.17) is 10.7 Å². The smallest absolute Gasteiger partial charge is 0.123 e. The Kier molecular flexibility index (Phi) is 4.08. The van der Waals surface area contributed by atoms with Gasteiger partial charge in [-0.15, -0.1) is 23.1 Å². The molecule has 0 saturated heterocycles. The molecule has 21 heavy (non-hydrogen) atoms. The van der Waals surface area contributed by atoms with Crippen molar-refractivity contribution in [2.75, 3.05) is 0 Å². The molecule has 2 N–H and O–H groups in total. The molecule has 0 amide bonds. The molecule has 2 aromatic rings. The second kappa shape index (κ2) is 5.71. The molecular formula is C16H19FN2S2. The predicted octanol–water partition coefficient (Wildman–Crippen LogP) is 4.55. The van der Waals surface area contributed by atoms with Crippen LogP contribution in [0.25, 0.3) is 0 Å². The number of rotatable bonds is 3. The van der Waals surface area contributed by atoms with E-state index >= 15 is 0 Å². The first kappa shape index (κ1) is 15.0. The maximum absolute atomic E-state index is 12.9. The average Bonchev–Trinajstić information content (AvgIpc) is 2.80. The first-order valence-electron chi connectivity index (χ1n) is 7.05. The van der Waals surface area contributed by atoms with Crippen LogP contribution in [0.2, 0.25) is 0 Å². The van der Waals surface area contributed by atoms with Crippen LogP contribution in [0.3, 0.4) is 0 Å². The molecule has 1 aromatic heterocycles. The third-order valence-electron chi connectivity index (χ3n) is 3.70. The minimum absolute atomic E-state index is 0.117. The second-order valence-electron chi connectivity index (χ2n) is 6.31. The van der Waals surface area contributed by atoms with Crippen LogP contribution in [-0.2, 0) is 12.2 Å². The van der Waals surface area contributed by atoms with Crippen molar-refractivity contribution in [3.05, 3.63) is 45.7 Å². The van der Waals surface area contributed by atoms with Gasteiger partial charge in [-0.3, -0.25) is 0 Å². The van der Waals surface area contributed by atoms with E-state index in [1.165, 1.54) is 22.7 Å². The molecule has 1 heterocycles. The number of benzene rings is 1. The summed E-state index contributed by atoms with van der Waals surface area (Å²) in [6.45, 7) is 4.50. The highest BCUT2D eigenvalue weighted by Gasteiger charge is 2.33. The van der Waals surface area contributed by atoms with Gasteiger partial charge in [-0.25, -0.2) is 9.37 Å². The molecule has 3 rings (SSSR count). The summed E-state index contributed by atoms with van der Waals surface area (Å²) < 4.78 is 12.9. The van der Waals surface area contributed by atoms with E-state index in [1.54, 1.807) is 23.1 Å². The van der Waals surface area contributed by atoms with Gasteiger partial charge in [0.15, 0.2) is 0 Å². The highest BCUT2D eigenvalue weighted by Crippen LogP contribution is 2.42. The molecule has 1 aromatic carbocycles. The van der Waals surface area contributed by atoms with E-state index in [9.17, 15) is 4.39 Å².